The quantitative estimate of drug-likeness (QED) is 0.0644. The third-order valence-electron chi connectivity index (χ3n) is 5.05. The maximum absolute atomic E-state index is 11.9. The van der Waals surface area contributed by atoms with E-state index in [1.807, 2.05) is 0 Å². The minimum atomic E-state index is -1.19. The van der Waals surface area contributed by atoms with E-state index in [9.17, 15) is 9.59 Å². The molecule has 0 saturated carbocycles. The van der Waals surface area contributed by atoms with Gasteiger partial charge in [0, 0.05) is 0 Å². The molecule has 0 saturated heterocycles. The summed E-state index contributed by atoms with van der Waals surface area (Å²) in [5.41, 5.74) is 0. The van der Waals surface area contributed by atoms with Crippen molar-refractivity contribution in [1.29, 1.82) is 0 Å². The van der Waals surface area contributed by atoms with Gasteiger partial charge in [0.25, 0.3) is 0 Å². The molecule has 0 aromatic heterocycles. The molecule has 0 bridgehead atoms. The highest BCUT2D eigenvalue weighted by molar-refractivity contribution is 6.67. The molecule has 0 radical (unpaired) electrons. The van der Waals surface area contributed by atoms with E-state index in [-0.39, 0.29) is 0 Å². The van der Waals surface area contributed by atoms with Crippen molar-refractivity contribution in [2.45, 2.75) is 121 Å². The summed E-state index contributed by atoms with van der Waals surface area (Å²) in [5, 5.41) is -1.76. The minimum Gasteiger partial charge on any atom is -0.246 e. The molecule has 0 amide bonds. The maximum Gasteiger partial charge on any atom is 0.373 e. The molecule has 4 nitrogen and oxygen atoms in total. The molecule has 0 aromatic rings. The van der Waals surface area contributed by atoms with E-state index in [2.05, 4.69) is 9.78 Å². The molecule has 34 heavy (non-hydrogen) atoms. The first-order valence-electron chi connectivity index (χ1n) is 11.7. The van der Waals surface area contributed by atoms with Crippen LogP contribution in [-0.4, -0.2) is 30.3 Å². The fourth-order valence-corrected chi connectivity index (χ4v) is 4.32. The lowest BCUT2D eigenvalue weighted by molar-refractivity contribution is -0.258. The lowest BCUT2D eigenvalue weighted by Gasteiger charge is -2.11. The van der Waals surface area contributed by atoms with Gasteiger partial charge in [0.15, 0.2) is 7.59 Å². The number of halogens is 8. The molecular formula is C22H34Cl8O4. The van der Waals surface area contributed by atoms with E-state index in [0.29, 0.717) is 25.7 Å². The minimum absolute atomic E-state index is 0.429. The Balaban J connectivity index is 3.71. The number of carbonyl (C=O) groups is 2. The van der Waals surface area contributed by atoms with Crippen LogP contribution in [0.1, 0.15) is 103 Å². The van der Waals surface area contributed by atoms with Crippen LogP contribution in [0.3, 0.4) is 0 Å². The smallest absolute Gasteiger partial charge is 0.246 e. The highest BCUT2D eigenvalue weighted by Crippen LogP contribution is 2.33. The standard InChI is InChI=1S/C22H34Cl8O4/c23-17(13-9-5-1-3-7-11-15-21(25,26)27)19(31)33-34-20(32)18(24)14-10-6-2-4-8-12-16-22(28,29)30/h17-18H,1-16H2. The molecule has 2 atom stereocenters. The van der Waals surface area contributed by atoms with Crippen LogP contribution in [0.15, 0.2) is 0 Å². The Kier molecular flexibility index (Phi) is 21.0. The summed E-state index contributed by atoms with van der Waals surface area (Å²) in [6.45, 7) is 0. The molecule has 202 valence electrons. The van der Waals surface area contributed by atoms with Gasteiger partial charge in [-0.1, -0.05) is 134 Å². The second-order valence-electron chi connectivity index (χ2n) is 8.29. The van der Waals surface area contributed by atoms with Crippen molar-refractivity contribution in [3.8, 4) is 0 Å². The summed E-state index contributed by atoms with van der Waals surface area (Å²) < 4.78 is -2.37. The molecule has 12 heteroatoms. The zero-order chi connectivity index (χ0) is 26.0. The third-order valence-corrected chi connectivity index (χ3v) is 6.98. The van der Waals surface area contributed by atoms with Crippen molar-refractivity contribution >= 4 is 105 Å². The fourth-order valence-electron chi connectivity index (χ4n) is 3.13. The van der Waals surface area contributed by atoms with E-state index < -0.39 is 30.3 Å². The zero-order valence-electron chi connectivity index (χ0n) is 19.1. The predicted molar refractivity (Wildman–Crippen MR) is 146 cm³/mol. The molecular weight excluding hydrogens is 612 g/mol. The Bertz CT molecular complexity index is 504. The third kappa shape index (κ3) is 23.6. The van der Waals surface area contributed by atoms with Gasteiger partial charge in [-0.25, -0.2) is 19.4 Å². The first-order valence-corrected chi connectivity index (χ1v) is 14.8. The van der Waals surface area contributed by atoms with E-state index in [4.69, 9.17) is 92.8 Å². The normalized spacial score (nSPS) is 14.0. The fraction of sp³-hybridized carbons (Fsp3) is 0.909. The number of hydrogen-bond donors (Lipinski definition) is 0. The van der Waals surface area contributed by atoms with Gasteiger partial charge in [0.05, 0.1) is 0 Å². The Morgan fingerprint density at radius 1 is 0.500 bits per heavy atom. The highest BCUT2D eigenvalue weighted by atomic mass is 35.6. The van der Waals surface area contributed by atoms with Crippen molar-refractivity contribution in [3.63, 3.8) is 0 Å². The van der Waals surface area contributed by atoms with Gasteiger partial charge < -0.3 is 0 Å². The van der Waals surface area contributed by atoms with Crippen molar-refractivity contribution < 1.29 is 19.4 Å². The van der Waals surface area contributed by atoms with Crippen LogP contribution in [0, 0.1) is 0 Å². The number of rotatable bonds is 18. The second kappa shape index (κ2) is 20.3. The summed E-state index contributed by atoms with van der Waals surface area (Å²) in [6.07, 6.45) is 13.0. The Morgan fingerprint density at radius 3 is 1.06 bits per heavy atom. The van der Waals surface area contributed by atoms with E-state index in [1.54, 1.807) is 0 Å². The van der Waals surface area contributed by atoms with Gasteiger partial charge in [0.1, 0.15) is 10.8 Å². The summed E-state index contributed by atoms with van der Waals surface area (Å²) >= 11 is 46.3. The van der Waals surface area contributed by atoms with Crippen LogP contribution >= 0.6 is 92.8 Å². The van der Waals surface area contributed by atoms with Crippen LogP contribution in [-0.2, 0) is 19.4 Å². The average molecular weight is 646 g/mol. The van der Waals surface area contributed by atoms with Crippen molar-refractivity contribution in [1.82, 2.24) is 0 Å². The first kappa shape index (κ1) is 35.3. The summed E-state index contributed by atoms with van der Waals surface area (Å²) in [4.78, 5) is 32.9. The second-order valence-corrected chi connectivity index (χ2v) is 14.4. The molecule has 2 unspecified atom stereocenters. The Morgan fingerprint density at radius 2 is 0.765 bits per heavy atom. The van der Waals surface area contributed by atoms with Gasteiger partial charge in [-0.3, -0.25) is 0 Å². The lowest BCUT2D eigenvalue weighted by atomic mass is 10.1. The van der Waals surface area contributed by atoms with Gasteiger partial charge in [-0.05, 0) is 38.5 Å². The molecule has 0 fully saturated rings. The van der Waals surface area contributed by atoms with E-state index in [0.717, 1.165) is 77.0 Å². The Hall–Kier alpha value is 1.26. The van der Waals surface area contributed by atoms with Gasteiger partial charge in [-0.2, -0.15) is 0 Å². The van der Waals surface area contributed by atoms with Crippen molar-refractivity contribution in [2.75, 3.05) is 0 Å². The molecule has 0 aromatic carbocycles. The molecule has 0 rings (SSSR count). The number of carbonyl (C=O) groups excluding carboxylic acids is 2. The van der Waals surface area contributed by atoms with Crippen LogP contribution < -0.4 is 0 Å². The highest BCUT2D eigenvalue weighted by Gasteiger charge is 2.23. The number of alkyl halides is 8. The molecule has 0 spiro atoms. The van der Waals surface area contributed by atoms with Crippen LogP contribution in [0.4, 0.5) is 0 Å². The molecule has 0 aliphatic rings. The lowest BCUT2D eigenvalue weighted by Crippen LogP contribution is -2.24. The summed E-state index contributed by atoms with van der Waals surface area (Å²) in [7, 11) is 0. The number of hydrogen-bond acceptors (Lipinski definition) is 4. The van der Waals surface area contributed by atoms with E-state index >= 15 is 0 Å². The summed E-state index contributed by atoms with van der Waals surface area (Å²) in [6, 6.07) is 0. The van der Waals surface area contributed by atoms with Crippen molar-refractivity contribution in [2.24, 2.45) is 0 Å². The molecule has 0 heterocycles. The summed E-state index contributed by atoms with van der Waals surface area (Å²) in [5.74, 6) is -1.59. The maximum atomic E-state index is 11.9. The van der Waals surface area contributed by atoms with Gasteiger partial charge in [0.2, 0.25) is 0 Å². The van der Waals surface area contributed by atoms with Crippen molar-refractivity contribution in [3.05, 3.63) is 0 Å². The SMILES string of the molecule is O=C(OOC(=O)C(Cl)CCCCCCCCC(Cl)(Cl)Cl)C(Cl)CCCCCCCCC(Cl)(Cl)Cl. The van der Waals surface area contributed by atoms with E-state index in [1.165, 1.54) is 0 Å². The first-order chi connectivity index (χ1) is 15.8. The number of unbranched alkanes of at least 4 members (excludes halogenated alkanes) is 10. The van der Waals surface area contributed by atoms with Gasteiger partial charge in [-0.15, -0.1) is 23.2 Å². The van der Waals surface area contributed by atoms with Gasteiger partial charge >= 0.3 is 11.9 Å². The van der Waals surface area contributed by atoms with Crippen LogP contribution in [0.5, 0.6) is 0 Å². The largest absolute Gasteiger partial charge is 0.373 e. The van der Waals surface area contributed by atoms with Crippen LogP contribution in [0.2, 0.25) is 0 Å². The average Bonchev–Trinajstić information content (AvgIpc) is 2.73. The predicted octanol–water partition coefficient (Wildman–Crippen LogP) is 10.2. The monoisotopic (exact) mass is 642 g/mol. The molecule has 0 aliphatic carbocycles. The Labute approximate surface area is 243 Å². The molecule has 0 N–H and O–H groups in total. The zero-order valence-corrected chi connectivity index (χ0v) is 25.2. The van der Waals surface area contributed by atoms with Crippen LogP contribution in [0.25, 0.3) is 0 Å². The molecule has 0 aliphatic heterocycles. The topological polar surface area (TPSA) is 52.6 Å².